The number of thiophene rings is 1. The normalized spacial score (nSPS) is 13.7. The van der Waals surface area contributed by atoms with E-state index in [-0.39, 0.29) is 11.7 Å². The summed E-state index contributed by atoms with van der Waals surface area (Å²) in [4.78, 5) is 25.5. The first kappa shape index (κ1) is 18.9. The molecular weight excluding hydrogens is 372 g/mol. The lowest BCUT2D eigenvalue weighted by Gasteiger charge is -2.07. The van der Waals surface area contributed by atoms with E-state index >= 15 is 0 Å². The fourth-order valence-electron chi connectivity index (χ4n) is 2.61. The van der Waals surface area contributed by atoms with E-state index in [2.05, 4.69) is 15.5 Å². The molecule has 0 saturated heterocycles. The van der Waals surface area contributed by atoms with Gasteiger partial charge in [0.25, 0.3) is 0 Å². The topological polar surface area (TPSA) is 86.1 Å². The first-order chi connectivity index (χ1) is 12.4. The number of carbonyl (C=O) groups is 2. The van der Waals surface area contributed by atoms with Crippen LogP contribution in [0.4, 0.5) is 5.00 Å². The van der Waals surface area contributed by atoms with Crippen molar-refractivity contribution in [1.82, 2.24) is 14.8 Å². The average Bonchev–Trinajstić information content (AvgIpc) is 3.30. The van der Waals surface area contributed by atoms with Gasteiger partial charge in [-0.05, 0) is 39.2 Å². The second kappa shape index (κ2) is 7.79. The van der Waals surface area contributed by atoms with Crippen LogP contribution in [0.15, 0.2) is 5.16 Å². The Kier molecular flexibility index (Phi) is 5.67. The van der Waals surface area contributed by atoms with Crippen LogP contribution in [-0.2, 0) is 16.6 Å². The number of anilines is 1. The number of nitrogens with one attached hydrogen (secondary N) is 1. The average molecular weight is 395 g/mol. The van der Waals surface area contributed by atoms with Crippen LogP contribution >= 0.6 is 23.1 Å². The molecule has 2 heterocycles. The fourth-order valence-corrected chi connectivity index (χ4v) is 4.39. The third-order valence-corrected chi connectivity index (χ3v) is 6.40. The maximum atomic E-state index is 12.4. The van der Waals surface area contributed by atoms with Gasteiger partial charge in [0.05, 0.1) is 17.9 Å². The second-order valence-corrected chi connectivity index (χ2v) is 8.39. The molecule has 1 aliphatic carbocycles. The first-order valence-corrected chi connectivity index (χ1v) is 10.3. The van der Waals surface area contributed by atoms with Crippen LogP contribution in [0.25, 0.3) is 0 Å². The summed E-state index contributed by atoms with van der Waals surface area (Å²) in [5.74, 6) is 1.12. The Morgan fingerprint density at radius 1 is 1.35 bits per heavy atom. The number of hydrogen-bond donors (Lipinski definition) is 1. The molecule has 3 rings (SSSR count). The van der Waals surface area contributed by atoms with E-state index < -0.39 is 5.97 Å². The van der Waals surface area contributed by atoms with E-state index in [1.165, 1.54) is 23.1 Å². The third kappa shape index (κ3) is 3.93. The molecule has 1 aliphatic rings. The molecule has 0 radical (unpaired) electrons. The van der Waals surface area contributed by atoms with Crippen molar-refractivity contribution >= 4 is 40.0 Å². The number of amides is 1. The summed E-state index contributed by atoms with van der Waals surface area (Å²) in [6, 6.07) is 0. The number of aryl methyl sites for hydroxylation is 1. The number of nitrogens with zero attached hydrogens (tertiary/aromatic N) is 3. The zero-order valence-corrected chi connectivity index (χ0v) is 16.9. The Labute approximate surface area is 160 Å². The van der Waals surface area contributed by atoms with E-state index in [1.54, 1.807) is 6.92 Å². The standard InChI is InChI=1S/C17H22N4O3S2/c1-5-24-16(23)13-9(2)10(3)26-15(13)18-12(22)8-25-17-20-19-14(21(17)4)11-6-7-11/h11H,5-8H2,1-4H3,(H,18,22). The lowest BCUT2D eigenvalue weighted by molar-refractivity contribution is -0.113. The summed E-state index contributed by atoms with van der Waals surface area (Å²) in [6.45, 7) is 5.84. The van der Waals surface area contributed by atoms with Crippen molar-refractivity contribution in [3.05, 3.63) is 21.8 Å². The van der Waals surface area contributed by atoms with Crippen LogP contribution in [0.5, 0.6) is 0 Å². The summed E-state index contributed by atoms with van der Waals surface area (Å²) >= 11 is 2.73. The van der Waals surface area contributed by atoms with Crippen LogP contribution in [0.1, 0.15) is 52.3 Å². The number of thioether (sulfide) groups is 1. The van der Waals surface area contributed by atoms with Gasteiger partial charge >= 0.3 is 5.97 Å². The highest BCUT2D eigenvalue weighted by molar-refractivity contribution is 7.99. The highest BCUT2D eigenvalue weighted by Crippen LogP contribution is 2.39. The molecule has 1 amide bonds. The predicted molar refractivity (Wildman–Crippen MR) is 102 cm³/mol. The molecule has 0 unspecified atom stereocenters. The second-order valence-electron chi connectivity index (χ2n) is 6.22. The van der Waals surface area contributed by atoms with Gasteiger partial charge < -0.3 is 14.6 Å². The highest BCUT2D eigenvalue weighted by atomic mass is 32.2. The van der Waals surface area contributed by atoms with Gasteiger partial charge in [0.2, 0.25) is 5.91 Å². The summed E-state index contributed by atoms with van der Waals surface area (Å²) in [6.07, 6.45) is 2.32. The van der Waals surface area contributed by atoms with Crippen LogP contribution in [0, 0.1) is 13.8 Å². The Morgan fingerprint density at radius 2 is 2.08 bits per heavy atom. The molecule has 1 N–H and O–H groups in total. The lowest BCUT2D eigenvalue weighted by Crippen LogP contribution is -2.16. The minimum atomic E-state index is -0.403. The number of aromatic nitrogens is 3. The van der Waals surface area contributed by atoms with Crippen molar-refractivity contribution in [2.45, 2.75) is 44.7 Å². The van der Waals surface area contributed by atoms with Gasteiger partial charge in [0, 0.05) is 17.8 Å². The van der Waals surface area contributed by atoms with Crippen molar-refractivity contribution in [1.29, 1.82) is 0 Å². The molecule has 0 aliphatic heterocycles. The maximum Gasteiger partial charge on any atom is 0.341 e. The molecule has 1 saturated carbocycles. The van der Waals surface area contributed by atoms with Crippen LogP contribution in [0.3, 0.4) is 0 Å². The summed E-state index contributed by atoms with van der Waals surface area (Å²) in [5.41, 5.74) is 1.29. The fraction of sp³-hybridized carbons (Fsp3) is 0.529. The largest absolute Gasteiger partial charge is 0.462 e. The van der Waals surface area contributed by atoms with Crippen LogP contribution in [0.2, 0.25) is 0 Å². The minimum Gasteiger partial charge on any atom is -0.462 e. The summed E-state index contributed by atoms with van der Waals surface area (Å²) < 4.78 is 7.07. The molecule has 140 valence electrons. The molecule has 1 fully saturated rings. The van der Waals surface area contributed by atoms with E-state index in [0.29, 0.717) is 23.1 Å². The number of hydrogen-bond acceptors (Lipinski definition) is 7. The van der Waals surface area contributed by atoms with Crippen LogP contribution < -0.4 is 5.32 Å². The van der Waals surface area contributed by atoms with Gasteiger partial charge in [-0.3, -0.25) is 4.79 Å². The van der Waals surface area contributed by atoms with Crippen molar-refractivity contribution in [3.8, 4) is 0 Å². The van der Waals surface area contributed by atoms with E-state index in [1.807, 2.05) is 25.5 Å². The van der Waals surface area contributed by atoms with Crippen LogP contribution in [-0.4, -0.2) is 39.0 Å². The first-order valence-electron chi connectivity index (χ1n) is 8.51. The predicted octanol–water partition coefficient (Wildman–Crippen LogP) is 3.28. The molecule has 9 heteroatoms. The molecule has 0 spiro atoms. The minimum absolute atomic E-state index is 0.183. The Morgan fingerprint density at radius 3 is 2.73 bits per heavy atom. The lowest BCUT2D eigenvalue weighted by atomic mass is 10.1. The molecular formula is C17H22N4O3S2. The SMILES string of the molecule is CCOC(=O)c1c(NC(=O)CSc2nnc(C3CC3)n2C)sc(C)c1C. The maximum absolute atomic E-state index is 12.4. The van der Waals surface area contributed by atoms with E-state index in [4.69, 9.17) is 4.74 Å². The number of esters is 1. The van der Waals surface area contributed by atoms with Gasteiger partial charge in [0.15, 0.2) is 5.16 Å². The molecule has 2 aromatic heterocycles. The van der Waals surface area contributed by atoms with Crippen molar-refractivity contribution < 1.29 is 14.3 Å². The van der Waals surface area contributed by atoms with Crippen molar-refractivity contribution in [2.75, 3.05) is 17.7 Å². The molecule has 7 nitrogen and oxygen atoms in total. The van der Waals surface area contributed by atoms with Gasteiger partial charge in [-0.15, -0.1) is 21.5 Å². The smallest absolute Gasteiger partial charge is 0.341 e. The van der Waals surface area contributed by atoms with Gasteiger partial charge in [-0.1, -0.05) is 11.8 Å². The Balaban J connectivity index is 1.65. The zero-order chi connectivity index (χ0) is 18.8. The highest BCUT2D eigenvalue weighted by Gasteiger charge is 2.29. The molecule has 2 aromatic rings. The van der Waals surface area contributed by atoms with Gasteiger partial charge in [0.1, 0.15) is 10.8 Å². The molecule has 0 atom stereocenters. The summed E-state index contributed by atoms with van der Waals surface area (Å²) in [5, 5.41) is 12.5. The molecule has 0 aromatic carbocycles. The van der Waals surface area contributed by atoms with E-state index in [9.17, 15) is 9.59 Å². The van der Waals surface area contributed by atoms with Gasteiger partial charge in [-0.25, -0.2) is 4.79 Å². The summed E-state index contributed by atoms with van der Waals surface area (Å²) in [7, 11) is 1.93. The number of carbonyl (C=O) groups excluding carboxylic acids is 2. The number of rotatable bonds is 7. The third-order valence-electron chi connectivity index (χ3n) is 4.26. The Hall–Kier alpha value is -1.87. The molecule has 0 bridgehead atoms. The zero-order valence-electron chi connectivity index (χ0n) is 15.3. The Bertz CT molecular complexity index is 839. The van der Waals surface area contributed by atoms with Crippen molar-refractivity contribution in [2.24, 2.45) is 7.05 Å². The van der Waals surface area contributed by atoms with Crippen molar-refractivity contribution in [3.63, 3.8) is 0 Å². The number of ether oxygens (including phenoxy) is 1. The molecule has 26 heavy (non-hydrogen) atoms. The van der Waals surface area contributed by atoms with E-state index in [0.717, 1.165) is 34.3 Å². The quantitative estimate of drug-likeness (QED) is 0.573. The van der Waals surface area contributed by atoms with Gasteiger partial charge in [-0.2, -0.15) is 0 Å². The monoisotopic (exact) mass is 394 g/mol.